The van der Waals surface area contributed by atoms with Gasteiger partial charge in [-0.15, -0.1) is 5.10 Å². The Labute approximate surface area is 187 Å². The van der Waals surface area contributed by atoms with Crippen LogP contribution >= 0.6 is 0 Å². The van der Waals surface area contributed by atoms with E-state index < -0.39 is 5.91 Å². The summed E-state index contributed by atoms with van der Waals surface area (Å²) in [6, 6.07) is 13.9. The lowest BCUT2D eigenvalue weighted by Crippen LogP contribution is -2.33. The minimum atomic E-state index is -0.497. The van der Waals surface area contributed by atoms with Gasteiger partial charge in [0.15, 0.2) is 0 Å². The maximum atomic E-state index is 12.6. The minimum absolute atomic E-state index is 0.0380. The van der Waals surface area contributed by atoms with Crippen molar-refractivity contribution in [1.82, 2.24) is 25.8 Å². The summed E-state index contributed by atoms with van der Waals surface area (Å²) in [7, 11) is 0. The van der Waals surface area contributed by atoms with Crippen molar-refractivity contribution in [2.75, 3.05) is 0 Å². The number of carbonyl (C=O) groups excluding carboxylic acids is 2. The Morgan fingerprint density at radius 2 is 1.88 bits per heavy atom. The lowest BCUT2D eigenvalue weighted by Gasteiger charge is -2.22. The molecule has 32 heavy (non-hydrogen) atoms. The van der Waals surface area contributed by atoms with Gasteiger partial charge in [0, 0.05) is 5.92 Å². The number of carbonyl (C=O) groups is 2. The third kappa shape index (κ3) is 5.31. The molecular formula is C24H29N5O3. The van der Waals surface area contributed by atoms with Crippen molar-refractivity contribution in [3.8, 4) is 0 Å². The minimum Gasteiger partial charge on any atom is -0.350 e. The van der Waals surface area contributed by atoms with Crippen molar-refractivity contribution in [2.24, 2.45) is 5.92 Å². The van der Waals surface area contributed by atoms with Crippen molar-refractivity contribution >= 4 is 22.6 Å². The van der Waals surface area contributed by atoms with Gasteiger partial charge in [-0.2, -0.15) is 0 Å². The second-order valence-corrected chi connectivity index (χ2v) is 8.50. The summed E-state index contributed by atoms with van der Waals surface area (Å²) < 4.78 is 1.69. The molecule has 3 N–H and O–H groups in total. The van der Waals surface area contributed by atoms with E-state index in [1.807, 2.05) is 18.2 Å². The van der Waals surface area contributed by atoms with Crippen molar-refractivity contribution in [2.45, 2.75) is 57.5 Å². The topological polar surface area (TPSA) is 109 Å². The van der Waals surface area contributed by atoms with Crippen molar-refractivity contribution in [1.29, 1.82) is 0 Å². The van der Waals surface area contributed by atoms with Gasteiger partial charge in [0.25, 0.3) is 0 Å². The van der Waals surface area contributed by atoms with E-state index in [2.05, 4.69) is 39.9 Å². The van der Waals surface area contributed by atoms with E-state index in [9.17, 15) is 9.59 Å². The monoisotopic (exact) mass is 435 g/mol. The molecule has 0 aliphatic heterocycles. The summed E-state index contributed by atoms with van der Waals surface area (Å²) in [6.45, 7) is 0.303. The normalized spacial score (nSPS) is 15.4. The Bertz CT molecular complexity index is 1070. The molecule has 1 fully saturated rings. The molecule has 0 bridgehead atoms. The van der Waals surface area contributed by atoms with Gasteiger partial charge in [-0.1, -0.05) is 66.9 Å². The summed E-state index contributed by atoms with van der Waals surface area (Å²) in [5.41, 5.74) is 3.49. The smallest absolute Gasteiger partial charge is 0.245 e. The molecule has 1 saturated carbocycles. The molecule has 3 aromatic rings. The highest BCUT2D eigenvalue weighted by Gasteiger charge is 2.23. The van der Waals surface area contributed by atoms with Gasteiger partial charge in [0.2, 0.25) is 11.8 Å². The molecule has 0 spiro atoms. The van der Waals surface area contributed by atoms with Crippen LogP contribution < -0.4 is 10.8 Å². The first-order valence-electron chi connectivity index (χ1n) is 11.2. The van der Waals surface area contributed by atoms with E-state index in [1.165, 1.54) is 6.42 Å². The number of hydrogen-bond acceptors (Lipinski definition) is 5. The highest BCUT2D eigenvalue weighted by molar-refractivity contribution is 5.83. The third-order valence-corrected chi connectivity index (χ3v) is 6.25. The van der Waals surface area contributed by atoms with E-state index >= 15 is 0 Å². The van der Waals surface area contributed by atoms with Crippen molar-refractivity contribution in [3.05, 3.63) is 59.9 Å². The van der Waals surface area contributed by atoms with Crippen LogP contribution in [0.2, 0.25) is 0 Å². The molecule has 2 aromatic carbocycles. The first-order valence-corrected chi connectivity index (χ1v) is 11.2. The number of nitrogens with one attached hydrogen (secondary N) is 2. The number of nitrogens with zero attached hydrogens (tertiary/aromatic N) is 3. The molecule has 1 aromatic heterocycles. The number of hydroxylamine groups is 1. The van der Waals surface area contributed by atoms with Crippen molar-refractivity contribution in [3.63, 3.8) is 0 Å². The number of amides is 2. The molecule has 8 heteroatoms. The van der Waals surface area contributed by atoms with Crippen LogP contribution in [0.1, 0.15) is 55.8 Å². The van der Waals surface area contributed by atoms with Crippen LogP contribution in [0.5, 0.6) is 0 Å². The van der Waals surface area contributed by atoms with Gasteiger partial charge >= 0.3 is 0 Å². The summed E-state index contributed by atoms with van der Waals surface area (Å²) in [6.07, 6.45) is 7.45. The van der Waals surface area contributed by atoms with Gasteiger partial charge in [0.05, 0.1) is 30.9 Å². The molecular weight excluding hydrogens is 406 g/mol. The van der Waals surface area contributed by atoms with Crippen LogP contribution in [-0.2, 0) is 22.6 Å². The molecule has 0 saturated heterocycles. The molecule has 1 aliphatic carbocycles. The number of fused-ring (bicyclic) bond motifs is 1. The molecule has 4 rings (SSSR count). The van der Waals surface area contributed by atoms with Crippen LogP contribution in [0.3, 0.4) is 0 Å². The maximum absolute atomic E-state index is 12.6. The van der Waals surface area contributed by atoms with Gasteiger partial charge in [-0.05, 0) is 35.6 Å². The molecule has 8 nitrogen and oxygen atoms in total. The standard InChI is InChI=1S/C24H29N5O3/c30-23(27-32)14-21(13-17-10-11-18-6-4-5-9-20(18)12-17)29-22(16-26-28-29)15-25-24(31)19-7-2-1-3-8-19/h4-6,9-12,16,19,21,32H,1-3,7-8,13-15H2,(H,25,31)(H,27,30)/t21-/m1/s1. The Morgan fingerprint density at radius 3 is 2.66 bits per heavy atom. The second kappa shape index (κ2) is 10.4. The Hall–Kier alpha value is -3.26. The van der Waals surface area contributed by atoms with Gasteiger partial charge in [-0.3, -0.25) is 14.8 Å². The van der Waals surface area contributed by atoms with Crippen LogP contribution in [0.25, 0.3) is 10.8 Å². The van der Waals surface area contributed by atoms with Gasteiger partial charge in [0.1, 0.15) is 0 Å². The van der Waals surface area contributed by atoms with E-state index in [4.69, 9.17) is 5.21 Å². The Balaban J connectivity index is 1.50. The zero-order chi connectivity index (χ0) is 22.3. The Morgan fingerprint density at radius 1 is 1.09 bits per heavy atom. The zero-order valence-electron chi connectivity index (χ0n) is 18.0. The SMILES string of the molecule is O=C(C[C@@H](Cc1ccc2ccccc2c1)n1nncc1CNC(=O)C1CCCCC1)NO. The number of rotatable bonds is 8. The lowest BCUT2D eigenvalue weighted by molar-refractivity contribution is -0.130. The second-order valence-electron chi connectivity index (χ2n) is 8.50. The lowest BCUT2D eigenvalue weighted by atomic mass is 9.89. The Kier molecular flexibility index (Phi) is 7.11. The highest BCUT2D eigenvalue weighted by Crippen LogP contribution is 2.25. The summed E-state index contributed by atoms with van der Waals surface area (Å²) in [5.74, 6) is -0.359. The van der Waals surface area contributed by atoms with Crippen LogP contribution in [0.4, 0.5) is 0 Å². The van der Waals surface area contributed by atoms with E-state index in [-0.39, 0.29) is 24.3 Å². The van der Waals surface area contributed by atoms with E-state index in [0.29, 0.717) is 13.0 Å². The molecule has 0 radical (unpaired) electrons. The zero-order valence-corrected chi connectivity index (χ0v) is 18.0. The summed E-state index contributed by atoms with van der Waals surface area (Å²) in [4.78, 5) is 24.6. The predicted octanol–water partition coefficient (Wildman–Crippen LogP) is 3.31. The van der Waals surface area contributed by atoms with Crippen molar-refractivity contribution < 1.29 is 14.8 Å². The number of aromatic nitrogens is 3. The first-order chi connectivity index (χ1) is 15.6. The quantitative estimate of drug-likeness (QED) is 0.372. The molecule has 1 heterocycles. The highest BCUT2D eigenvalue weighted by atomic mass is 16.5. The summed E-state index contributed by atoms with van der Waals surface area (Å²) >= 11 is 0. The molecule has 168 valence electrons. The molecule has 0 unspecified atom stereocenters. The molecule has 1 aliphatic rings. The fourth-order valence-electron chi connectivity index (χ4n) is 4.53. The van der Waals surface area contributed by atoms with Gasteiger partial charge in [-0.25, -0.2) is 10.2 Å². The van der Waals surface area contributed by atoms with Crippen LogP contribution in [0.15, 0.2) is 48.7 Å². The average Bonchev–Trinajstić information content (AvgIpc) is 3.31. The number of hydrogen-bond donors (Lipinski definition) is 3. The maximum Gasteiger partial charge on any atom is 0.245 e. The van der Waals surface area contributed by atoms with E-state index in [1.54, 1.807) is 16.4 Å². The predicted molar refractivity (Wildman–Crippen MR) is 120 cm³/mol. The first kappa shape index (κ1) is 22.0. The van der Waals surface area contributed by atoms with Gasteiger partial charge < -0.3 is 5.32 Å². The fraction of sp³-hybridized carbons (Fsp3) is 0.417. The molecule has 1 atom stereocenters. The number of benzene rings is 2. The average molecular weight is 436 g/mol. The van der Waals surface area contributed by atoms with Crippen LogP contribution in [-0.4, -0.2) is 32.0 Å². The van der Waals surface area contributed by atoms with E-state index in [0.717, 1.165) is 47.7 Å². The summed E-state index contributed by atoms with van der Waals surface area (Å²) in [5, 5.41) is 22.6. The molecule has 2 amide bonds. The largest absolute Gasteiger partial charge is 0.350 e. The third-order valence-electron chi connectivity index (χ3n) is 6.25. The fourth-order valence-corrected chi connectivity index (χ4v) is 4.53. The van der Waals surface area contributed by atoms with Crippen LogP contribution in [0, 0.1) is 5.92 Å².